The van der Waals surface area contributed by atoms with Crippen LogP contribution in [0.25, 0.3) is 0 Å². The second-order valence-electron chi connectivity index (χ2n) is 4.51. The van der Waals surface area contributed by atoms with Gasteiger partial charge in [-0.3, -0.25) is 0 Å². The van der Waals surface area contributed by atoms with Gasteiger partial charge in [-0.05, 0) is 25.7 Å². The van der Waals surface area contributed by atoms with Gasteiger partial charge in [0.25, 0.3) is 0 Å². The lowest BCUT2D eigenvalue weighted by molar-refractivity contribution is -0.144. The molecule has 3 nitrogen and oxygen atoms in total. The molecule has 1 saturated carbocycles. The molecule has 1 heterocycles. The van der Waals surface area contributed by atoms with Crippen LogP contribution in [0.2, 0.25) is 5.15 Å². The van der Waals surface area contributed by atoms with Crippen molar-refractivity contribution in [3.63, 3.8) is 0 Å². The molecule has 0 amide bonds. The van der Waals surface area contributed by atoms with Crippen molar-refractivity contribution in [2.75, 3.05) is 5.32 Å². The molecule has 0 aliphatic heterocycles. The quantitative estimate of drug-likeness (QED) is 0.853. The van der Waals surface area contributed by atoms with Crippen LogP contribution in [0.15, 0.2) is 6.07 Å². The molecule has 0 unspecified atom stereocenters. The molecule has 1 aliphatic carbocycles. The van der Waals surface area contributed by atoms with Gasteiger partial charge in [-0.25, -0.2) is 9.97 Å². The molecular formula is C11H13ClF3N3. The van der Waals surface area contributed by atoms with Crippen LogP contribution in [-0.4, -0.2) is 15.5 Å². The molecule has 1 fully saturated rings. The summed E-state index contributed by atoms with van der Waals surface area (Å²) in [5.41, 5.74) is -0.138. The first-order chi connectivity index (χ1) is 8.35. The summed E-state index contributed by atoms with van der Waals surface area (Å²) in [5.74, 6) is -1.06. The lowest BCUT2D eigenvalue weighted by Gasteiger charge is -2.42. The Morgan fingerprint density at radius 2 is 2.06 bits per heavy atom. The summed E-state index contributed by atoms with van der Waals surface area (Å²) in [6.07, 6.45) is -0.791. The number of hydrogen-bond donors (Lipinski definition) is 1. The van der Waals surface area contributed by atoms with Crippen molar-refractivity contribution >= 4 is 17.4 Å². The van der Waals surface area contributed by atoms with Gasteiger partial charge in [-0.2, -0.15) is 13.2 Å². The Morgan fingerprint density at radius 1 is 1.39 bits per heavy atom. The maximum atomic E-state index is 12.5. The highest BCUT2D eigenvalue weighted by atomic mass is 35.5. The lowest BCUT2D eigenvalue weighted by Crippen LogP contribution is -2.44. The molecule has 0 aromatic carbocycles. The van der Waals surface area contributed by atoms with Gasteiger partial charge in [0.15, 0.2) is 0 Å². The first kappa shape index (κ1) is 13.4. The summed E-state index contributed by atoms with van der Waals surface area (Å²) in [6, 6.07) is 1.33. The monoisotopic (exact) mass is 279 g/mol. The van der Waals surface area contributed by atoms with Gasteiger partial charge in [0.2, 0.25) is 5.82 Å². The number of nitrogens with zero attached hydrogens (tertiary/aromatic N) is 2. The zero-order chi connectivity index (χ0) is 13.4. The molecule has 100 valence electrons. The largest absolute Gasteiger partial charge is 0.451 e. The fourth-order valence-corrected chi connectivity index (χ4v) is 2.23. The number of alkyl halides is 3. The van der Waals surface area contributed by atoms with E-state index in [2.05, 4.69) is 15.3 Å². The average molecular weight is 280 g/mol. The Kier molecular flexibility index (Phi) is 3.40. The maximum Gasteiger partial charge on any atom is 0.451 e. The van der Waals surface area contributed by atoms with Crippen molar-refractivity contribution in [2.24, 2.45) is 0 Å². The minimum atomic E-state index is -4.58. The Bertz CT molecular complexity index is 438. The van der Waals surface area contributed by atoms with E-state index >= 15 is 0 Å². The Balaban J connectivity index is 2.26. The number of halogens is 4. The van der Waals surface area contributed by atoms with Crippen LogP contribution in [0.5, 0.6) is 0 Å². The lowest BCUT2D eigenvalue weighted by atomic mass is 9.75. The van der Waals surface area contributed by atoms with Crippen LogP contribution in [0.4, 0.5) is 19.0 Å². The zero-order valence-electron chi connectivity index (χ0n) is 9.81. The number of rotatable bonds is 3. The molecule has 0 bridgehead atoms. The molecule has 0 spiro atoms. The molecule has 1 N–H and O–H groups in total. The van der Waals surface area contributed by atoms with E-state index in [1.807, 2.05) is 6.92 Å². The van der Waals surface area contributed by atoms with E-state index in [1.165, 1.54) is 6.07 Å². The van der Waals surface area contributed by atoms with Crippen molar-refractivity contribution in [3.8, 4) is 0 Å². The predicted octanol–water partition coefficient (Wildman–Crippen LogP) is 3.89. The minimum Gasteiger partial charge on any atom is -0.364 e. The Labute approximate surface area is 108 Å². The molecule has 2 rings (SSSR count). The van der Waals surface area contributed by atoms with Crippen LogP contribution >= 0.6 is 11.6 Å². The summed E-state index contributed by atoms with van der Waals surface area (Å²) < 4.78 is 37.6. The van der Waals surface area contributed by atoms with E-state index in [0.717, 1.165) is 25.7 Å². The summed E-state index contributed by atoms with van der Waals surface area (Å²) in [6.45, 7) is 2.00. The molecule has 1 aliphatic rings. The van der Waals surface area contributed by atoms with E-state index in [0.29, 0.717) is 0 Å². The minimum absolute atomic E-state index is 0.138. The van der Waals surface area contributed by atoms with Crippen LogP contribution in [0.3, 0.4) is 0 Å². The molecule has 1 aromatic heterocycles. The summed E-state index contributed by atoms with van der Waals surface area (Å²) >= 11 is 5.60. The SMILES string of the molecule is CCC1(Nc2cc(Cl)nc(C(F)(F)F)n2)CCC1. The molecule has 18 heavy (non-hydrogen) atoms. The summed E-state index contributed by atoms with van der Waals surface area (Å²) in [7, 11) is 0. The average Bonchev–Trinajstić information content (AvgIpc) is 2.21. The highest BCUT2D eigenvalue weighted by Gasteiger charge is 2.38. The molecule has 0 saturated heterocycles. The van der Waals surface area contributed by atoms with Crippen LogP contribution < -0.4 is 5.32 Å². The van der Waals surface area contributed by atoms with E-state index in [1.54, 1.807) is 0 Å². The first-order valence-corrected chi connectivity index (χ1v) is 6.12. The van der Waals surface area contributed by atoms with Crippen molar-refractivity contribution in [1.82, 2.24) is 9.97 Å². The normalized spacial score (nSPS) is 18.3. The smallest absolute Gasteiger partial charge is 0.364 e. The van der Waals surface area contributed by atoms with Crippen LogP contribution in [0, 0.1) is 0 Å². The van der Waals surface area contributed by atoms with Crippen molar-refractivity contribution < 1.29 is 13.2 Å². The van der Waals surface area contributed by atoms with Gasteiger partial charge in [0.05, 0.1) is 0 Å². The zero-order valence-corrected chi connectivity index (χ0v) is 10.6. The predicted molar refractivity (Wildman–Crippen MR) is 62.5 cm³/mol. The second kappa shape index (κ2) is 4.57. The van der Waals surface area contributed by atoms with Gasteiger partial charge in [0, 0.05) is 11.6 Å². The molecule has 1 aromatic rings. The standard InChI is InChI=1S/C11H13ClF3N3/c1-2-10(4-3-5-10)18-8-6-7(12)16-9(17-8)11(13,14)15/h6H,2-5H2,1H3,(H,16,17,18). The molecular weight excluding hydrogens is 267 g/mol. The van der Waals surface area contributed by atoms with Crippen LogP contribution in [0.1, 0.15) is 38.4 Å². The van der Waals surface area contributed by atoms with Gasteiger partial charge in [-0.15, -0.1) is 0 Å². The van der Waals surface area contributed by atoms with Gasteiger partial charge in [-0.1, -0.05) is 18.5 Å². The number of aromatic nitrogens is 2. The van der Waals surface area contributed by atoms with Crippen LogP contribution in [-0.2, 0) is 6.18 Å². The van der Waals surface area contributed by atoms with Gasteiger partial charge < -0.3 is 5.32 Å². The topological polar surface area (TPSA) is 37.8 Å². The number of hydrogen-bond acceptors (Lipinski definition) is 3. The third kappa shape index (κ3) is 2.68. The molecule has 0 atom stereocenters. The summed E-state index contributed by atoms with van der Waals surface area (Å²) in [5, 5.41) is 2.86. The highest BCUT2D eigenvalue weighted by Crippen LogP contribution is 2.38. The third-order valence-corrected chi connectivity index (χ3v) is 3.52. The highest BCUT2D eigenvalue weighted by molar-refractivity contribution is 6.29. The van der Waals surface area contributed by atoms with Crippen molar-refractivity contribution in [3.05, 3.63) is 17.0 Å². The third-order valence-electron chi connectivity index (χ3n) is 3.33. The van der Waals surface area contributed by atoms with Crippen molar-refractivity contribution in [2.45, 2.75) is 44.3 Å². The van der Waals surface area contributed by atoms with E-state index < -0.39 is 12.0 Å². The maximum absolute atomic E-state index is 12.5. The van der Waals surface area contributed by atoms with E-state index in [9.17, 15) is 13.2 Å². The Morgan fingerprint density at radius 3 is 2.50 bits per heavy atom. The number of nitrogens with one attached hydrogen (secondary N) is 1. The van der Waals surface area contributed by atoms with E-state index in [4.69, 9.17) is 11.6 Å². The molecule has 0 radical (unpaired) electrons. The second-order valence-corrected chi connectivity index (χ2v) is 4.90. The van der Waals surface area contributed by atoms with E-state index in [-0.39, 0.29) is 16.5 Å². The van der Waals surface area contributed by atoms with Crippen molar-refractivity contribution in [1.29, 1.82) is 0 Å². The van der Waals surface area contributed by atoms with Gasteiger partial charge >= 0.3 is 6.18 Å². The van der Waals surface area contributed by atoms with Gasteiger partial charge in [0.1, 0.15) is 11.0 Å². The first-order valence-electron chi connectivity index (χ1n) is 5.75. The molecule has 7 heteroatoms. The fourth-order valence-electron chi connectivity index (χ4n) is 2.05. The summed E-state index contributed by atoms with van der Waals surface area (Å²) in [4.78, 5) is 6.68. The fraction of sp³-hybridized carbons (Fsp3) is 0.636. The number of anilines is 1. The Hall–Kier alpha value is -1.04.